The first-order valence-corrected chi connectivity index (χ1v) is 6.59. The average molecular weight is 279 g/mol. The van der Waals surface area contributed by atoms with Gasteiger partial charge >= 0.3 is 6.03 Å². The Kier molecular flexibility index (Phi) is 4.22. The van der Waals surface area contributed by atoms with E-state index >= 15 is 0 Å². The second-order valence-electron chi connectivity index (χ2n) is 5.12. The standard InChI is InChI=1S/C14H18FN3O2/c1-9(2)18-8-10(7-13(18)19)16-14(20)17-12-6-4-3-5-11(12)15/h3-6,9-10H,7-8H2,1-2H3,(H2,16,17,20). The molecule has 2 rings (SSSR count). The molecule has 1 fully saturated rings. The predicted molar refractivity (Wildman–Crippen MR) is 73.8 cm³/mol. The summed E-state index contributed by atoms with van der Waals surface area (Å²) in [7, 11) is 0. The number of carbonyl (C=O) groups is 2. The molecule has 0 radical (unpaired) electrons. The molecule has 3 amide bonds. The van der Waals surface area contributed by atoms with Crippen LogP contribution in [0.15, 0.2) is 24.3 Å². The molecule has 1 aromatic carbocycles. The highest BCUT2D eigenvalue weighted by Crippen LogP contribution is 2.15. The maximum atomic E-state index is 13.4. The van der Waals surface area contributed by atoms with E-state index in [1.165, 1.54) is 12.1 Å². The summed E-state index contributed by atoms with van der Waals surface area (Å²) in [5, 5.41) is 5.13. The minimum absolute atomic E-state index is 0.0243. The van der Waals surface area contributed by atoms with Crippen LogP contribution in [0.4, 0.5) is 14.9 Å². The van der Waals surface area contributed by atoms with E-state index < -0.39 is 11.8 Å². The number of nitrogens with one attached hydrogen (secondary N) is 2. The fraction of sp³-hybridized carbons (Fsp3) is 0.429. The van der Waals surface area contributed by atoms with Gasteiger partial charge in [0.25, 0.3) is 0 Å². The highest BCUT2D eigenvalue weighted by Gasteiger charge is 2.31. The summed E-state index contributed by atoms with van der Waals surface area (Å²) in [5.74, 6) is -0.467. The Bertz CT molecular complexity index is 519. The number of anilines is 1. The third kappa shape index (κ3) is 3.26. The molecule has 1 aliphatic heterocycles. The van der Waals surface area contributed by atoms with Crippen LogP contribution in [0.25, 0.3) is 0 Å². The second-order valence-corrected chi connectivity index (χ2v) is 5.12. The molecule has 1 aromatic rings. The molecule has 0 saturated carbocycles. The van der Waals surface area contributed by atoms with Gasteiger partial charge in [-0.05, 0) is 26.0 Å². The molecule has 108 valence electrons. The van der Waals surface area contributed by atoms with Crippen LogP contribution in [-0.2, 0) is 4.79 Å². The van der Waals surface area contributed by atoms with E-state index in [9.17, 15) is 14.0 Å². The van der Waals surface area contributed by atoms with E-state index in [1.807, 2.05) is 13.8 Å². The van der Waals surface area contributed by atoms with Gasteiger partial charge in [-0.1, -0.05) is 12.1 Å². The minimum atomic E-state index is -0.501. The maximum Gasteiger partial charge on any atom is 0.319 e. The average Bonchev–Trinajstić information content (AvgIpc) is 2.73. The van der Waals surface area contributed by atoms with Crippen molar-refractivity contribution >= 4 is 17.6 Å². The number of hydrogen-bond donors (Lipinski definition) is 2. The number of nitrogens with zero attached hydrogens (tertiary/aromatic N) is 1. The lowest BCUT2D eigenvalue weighted by molar-refractivity contribution is -0.129. The number of carbonyl (C=O) groups excluding carboxylic acids is 2. The Morgan fingerprint density at radius 1 is 1.40 bits per heavy atom. The van der Waals surface area contributed by atoms with Crippen molar-refractivity contribution < 1.29 is 14.0 Å². The lowest BCUT2D eigenvalue weighted by atomic mass is 10.2. The Balaban J connectivity index is 1.90. The fourth-order valence-electron chi connectivity index (χ4n) is 2.23. The second kappa shape index (κ2) is 5.90. The van der Waals surface area contributed by atoms with Crippen molar-refractivity contribution in [1.82, 2.24) is 10.2 Å². The lowest BCUT2D eigenvalue weighted by Gasteiger charge is -2.21. The summed E-state index contributed by atoms with van der Waals surface area (Å²) in [5.41, 5.74) is 0.120. The monoisotopic (exact) mass is 279 g/mol. The molecule has 0 bridgehead atoms. The topological polar surface area (TPSA) is 61.4 Å². The van der Waals surface area contributed by atoms with Crippen LogP contribution in [0.1, 0.15) is 20.3 Å². The molecule has 1 aliphatic rings. The molecule has 1 atom stereocenters. The molecule has 1 heterocycles. The van der Waals surface area contributed by atoms with Gasteiger partial charge in [0.05, 0.1) is 11.7 Å². The lowest BCUT2D eigenvalue weighted by Crippen LogP contribution is -2.41. The number of likely N-dealkylation sites (tertiary alicyclic amines) is 1. The van der Waals surface area contributed by atoms with Crippen molar-refractivity contribution in [3.8, 4) is 0 Å². The first kappa shape index (κ1) is 14.3. The fourth-order valence-corrected chi connectivity index (χ4v) is 2.23. The Morgan fingerprint density at radius 3 is 2.70 bits per heavy atom. The maximum absolute atomic E-state index is 13.4. The molecule has 0 aromatic heterocycles. The van der Waals surface area contributed by atoms with Gasteiger partial charge in [0.2, 0.25) is 5.91 Å². The van der Waals surface area contributed by atoms with Crippen LogP contribution in [0.2, 0.25) is 0 Å². The van der Waals surface area contributed by atoms with E-state index in [4.69, 9.17) is 0 Å². The van der Waals surface area contributed by atoms with Gasteiger partial charge in [-0.15, -0.1) is 0 Å². The van der Waals surface area contributed by atoms with Crippen LogP contribution in [-0.4, -0.2) is 35.5 Å². The first-order valence-electron chi connectivity index (χ1n) is 6.59. The van der Waals surface area contributed by atoms with Gasteiger partial charge in [-0.25, -0.2) is 9.18 Å². The summed E-state index contributed by atoms with van der Waals surface area (Å²) in [6.07, 6.45) is 0.281. The van der Waals surface area contributed by atoms with Crippen LogP contribution in [0.5, 0.6) is 0 Å². The van der Waals surface area contributed by atoms with Crippen LogP contribution < -0.4 is 10.6 Å². The summed E-state index contributed by atoms with van der Waals surface area (Å²) < 4.78 is 13.4. The summed E-state index contributed by atoms with van der Waals surface area (Å²) >= 11 is 0. The van der Waals surface area contributed by atoms with E-state index in [0.717, 1.165) is 0 Å². The van der Waals surface area contributed by atoms with Crippen LogP contribution in [0.3, 0.4) is 0 Å². The summed E-state index contributed by atoms with van der Waals surface area (Å²) in [6.45, 7) is 4.35. The van der Waals surface area contributed by atoms with Crippen molar-refractivity contribution in [3.05, 3.63) is 30.1 Å². The predicted octanol–water partition coefficient (Wildman–Crippen LogP) is 1.96. The molecule has 6 heteroatoms. The smallest absolute Gasteiger partial charge is 0.319 e. The van der Waals surface area contributed by atoms with Crippen molar-refractivity contribution in [3.63, 3.8) is 0 Å². The van der Waals surface area contributed by atoms with Crippen molar-refractivity contribution in [2.24, 2.45) is 0 Å². The summed E-state index contributed by atoms with van der Waals surface area (Å²) in [6, 6.07) is 5.32. The minimum Gasteiger partial charge on any atom is -0.338 e. The van der Waals surface area contributed by atoms with E-state index in [-0.39, 0.29) is 30.1 Å². The van der Waals surface area contributed by atoms with Gasteiger partial charge in [0.15, 0.2) is 0 Å². The van der Waals surface area contributed by atoms with Gasteiger partial charge in [0.1, 0.15) is 5.82 Å². The third-order valence-electron chi connectivity index (χ3n) is 3.24. The number of benzene rings is 1. The number of rotatable bonds is 3. The van der Waals surface area contributed by atoms with Crippen LogP contribution >= 0.6 is 0 Å². The Morgan fingerprint density at radius 2 is 2.10 bits per heavy atom. The number of para-hydroxylation sites is 1. The number of halogens is 1. The SMILES string of the molecule is CC(C)N1CC(NC(=O)Nc2ccccc2F)CC1=O. The van der Waals surface area contributed by atoms with Crippen molar-refractivity contribution in [2.75, 3.05) is 11.9 Å². The zero-order valence-corrected chi connectivity index (χ0v) is 11.5. The largest absolute Gasteiger partial charge is 0.338 e. The van der Waals surface area contributed by atoms with E-state index in [1.54, 1.807) is 17.0 Å². The third-order valence-corrected chi connectivity index (χ3v) is 3.24. The number of urea groups is 1. The summed E-state index contributed by atoms with van der Waals surface area (Å²) in [4.78, 5) is 25.2. The first-order chi connectivity index (χ1) is 9.47. The van der Waals surface area contributed by atoms with Gasteiger partial charge in [0, 0.05) is 19.0 Å². The zero-order chi connectivity index (χ0) is 14.7. The zero-order valence-electron chi connectivity index (χ0n) is 11.5. The molecular formula is C14H18FN3O2. The number of hydrogen-bond acceptors (Lipinski definition) is 2. The molecule has 5 nitrogen and oxygen atoms in total. The van der Waals surface area contributed by atoms with Gasteiger partial charge < -0.3 is 15.5 Å². The molecule has 1 unspecified atom stereocenters. The Hall–Kier alpha value is -2.11. The number of amides is 3. The van der Waals surface area contributed by atoms with Crippen LogP contribution in [0, 0.1) is 5.82 Å². The van der Waals surface area contributed by atoms with E-state index in [0.29, 0.717) is 6.54 Å². The highest BCUT2D eigenvalue weighted by molar-refractivity contribution is 5.90. The Labute approximate surface area is 117 Å². The molecule has 0 aliphatic carbocycles. The normalized spacial score (nSPS) is 18.5. The quantitative estimate of drug-likeness (QED) is 0.888. The molecular weight excluding hydrogens is 261 g/mol. The van der Waals surface area contributed by atoms with Gasteiger partial charge in [-0.3, -0.25) is 4.79 Å². The highest BCUT2D eigenvalue weighted by atomic mass is 19.1. The molecule has 1 saturated heterocycles. The van der Waals surface area contributed by atoms with Crippen molar-refractivity contribution in [2.45, 2.75) is 32.4 Å². The molecule has 20 heavy (non-hydrogen) atoms. The van der Waals surface area contributed by atoms with E-state index in [2.05, 4.69) is 10.6 Å². The van der Waals surface area contributed by atoms with Gasteiger partial charge in [-0.2, -0.15) is 0 Å². The molecule has 2 N–H and O–H groups in total. The van der Waals surface area contributed by atoms with Crippen molar-refractivity contribution in [1.29, 1.82) is 0 Å². The molecule has 0 spiro atoms.